The monoisotopic (exact) mass is 314 g/mol. The third kappa shape index (κ3) is 3.27. The summed E-state index contributed by atoms with van der Waals surface area (Å²) in [4.78, 5) is 17.6. The molecule has 0 bridgehead atoms. The molecule has 1 fully saturated rings. The fourth-order valence-corrected chi connectivity index (χ4v) is 3.45. The predicted octanol–water partition coefficient (Wildman–Crippen LogP) is 3.02. The number of rotatable bonds is 4. The van der Waals surface area contributed by atoms with Crippen molar-refractivity contribution in [1.82, 2.24) is 4.98 Å². The fraction of sp³-hybridized carbons (Fsp3) is 0.471. The molecule has 1 unspecified atom stereocenters. The molecule has 1 aliphatic heterocycles. The second kappa shape index (κ2) is 6.50. The number of nitrogens with zero attached hydrogens (tertiary/aromatic N) is 3. The minimum Gasteiger partial charge on any atom is -0.371 e. The summed E-state index contributed by atoms with van der Waals surface area (Å²) in [6.45, 7) is 4.60. The summed E-state index contributed by atoms with van der Waals surface area (Å²) in [5, 5.41) is 12.0. The normalized spacial score (nSPS) is 18.3. The Morgan fingerprint density at radius 2 is 2.26 bits per heavy atom. The Balaban J connectivity index is 2.04. The van der Waals surface area contributed by atoms with E-state index in [0.29, 0.717) is 12.5 Å². The first-order chi connectivity index (χ1) is 11.1. The molecule has 1 aliphatic rings. The first kappa shape index (κ1) is 15.7. The lowest BCUT2D eigenvalue weighted by molar-refractivity contribution is -0.384. The lowest BCUT2D eigenvalue weighted by Gasteiger charge is -2.35. The molecule has 1 aromatic heterocycles. The van der Waals surface area contributed by atoms with Crippen LogP contribution in [-0.4, -0.2) is 29.5 Å². The van der Waals surface area contributed by atoms with Crippen molar-refractivity contribution >= 4 is 22.3 Å². The third-order valence-electron chi connectivity index (χ3n) is 4.54. The molecule has 3 rings (SSSR count). The van der Waals surface area contributed by atoms with Crippen LogP contribution < -0.4 is 10.6 Å². The van der Waals surface area contributed by atoms with E-state index in [4.69, 9.17) is 5.73 Å². The van der Waals surface area contributed by atoms with Gasteiger partial charge in [-0.25, -0.2) is 0 Å². The number of nitro benzene ring substituents is 1. The summed E-state index contributed by atoms with van der Waals surface area (Å²) in [6, 6.07) is 6.94. The number of aromatic nitrogens is 1. The van der Waals surface area contributed by atoms with Crippen LogP contribution in [0.1, 0.15) is 25.0 Å². The van der Waals surface area contributed by atoms with Crippen LogP contribution >= 0.6 is 0 Å². The smallest absolute Gasteiger partial charge is 0.270 e. The van der Waals surface area contributed by atoms with Crippen molar-refractivity contribution in [2.75, 3.05) is 24.5 Å². The number of non-ortho nitro benzene ring substituents is 1. The summed E-state index contributed by atoms with van der Waals surface area (Å²) in [6.07, 6.45) is 3.36. The highest BCUT2D eigenvalue weighted by molar-refractivity contribution is 5.93. The van der Waals surface area contributed by atoms with E-state index in [0.717, 1.165) is 48.2 Å². The number of hydrogen-bond acceptors (Lipinski definition) is 5. The van der Waals surface area contributed by atoms with Gasteiger partial charge in [-0.2, -0.15) is 0 Å². The van der Waals surface area contributed by atoms with Crippen molar-refractivity contribution < 1.29 is 4.92 Å². The highest BCUT2D eigenvalue weighted by Crippen LogP contribution is 2.33. The zero-order chi connectivity index (χ0) is 16.4. The van der Waals surface area contributed by atoms with Crippen LogP contribution in [0.2, 0.25) is 0 Å². The first-order valence-electron chi connectivity index (χ1n) is 8.09. The maximum Gasteiger partial charge on any atom is 0.270 e. The Bertz CT molecular complexity index is 730. The minimum absolute atomic E-state index is 0.111. The molecule has 1 atom stereocenters. The second-order valence-electron chi connectivity index (χ2n) is 6.27. The van der Waals surface area contributed by atoms with Crippen molar-refractivity contribution in [3.63, 3.8) is 0 Å². The Kier molecular flexibility index (Phi) is 4.43. The predicted molar refractivity (Wildman–Crippen MR) is 91.7 cm³/mol. The number of nitro groups is 1. The van der Waals surface area contributed by atoms with Gasteiger partial charge in [0.05, 0.1) is 10.4 Å². The van der Waals surface area contributed by atoms with E-state index < -0.39 is 0 Å². The van der Waals surface area contributed by atoms with Crippen LogP contribution in [-0.2, 0) is 0 Å². The zero-order valence-corrected chi connectivity index (χ0v) is 13.4. The molecular formula is C17H22N4O2. The Hall–Kier alpha value is -2.21. The summed E-state index contributed by atoms with van der Waals surface area (Å²) < 4.78 is 0. The molecule has 122 valence electrons. The largest absolute Gasteiger partial charge is 0.371 e. The number of aryl methyl sites for hydroxylation is 1. The molecule has 0 aliphatic carbocycles. The average molecular weight is 314 g/mol. The Morgan fingerprint density at radius 1 is 1.43 bits per heavy atom. The van der Waals surface area contributed by atoms with Gasteiger partial charge in [0.1, 0.15) is 0 Å². The Labute approximate surface area is 135 Å². The number of pyridine rings is 1. The summed E-state index contributed by atoms with van der Waals surface area (Å²) >= 11 is 0. The molecule has 2 heterocycles. The van der Waals surface area contributed by atoms with Gasteiger partial charge in [0.2, 0.25) is 0 Å². The summed E-state index contributed by atoms with van der Waals surface area (Å²) in [5.74, 6) is 0.593. The number of hydrogen-bond donors (Lipinski definition) is 1. The van der Waals surface area contributed by atoms with Crippen LogP contribution in [0.5, 0.6) is 0 Å². The molecular weight excluding hydrogens is 292 g/mol. The van der Waals surface area contributed by atoms with Crippen LogP contribution in [0.4, 0.5) is 11.4 Å². The van der Waals surface area contributed by atoms with E-state index in [1.54, 1.807) is 12.1 Å². The van der Waals surface area contributed by atoms with Gasteiger partial charge in [-0.15, -0.1) is 0 Å². The van der Waals surface area contributed by atoms with Gasteiger partial charge in [-0.3, -0.25) is 15.1 Å². The highest BCUT2D eigenvalue weighted by Gasteiger charge is 2.22. The molecule has 6 nitrogen and oxygen atoms in total. The van der Waals surface area contributed by atoms with Crippen LogP contribution in [0.25, 0.3) is 10.9 Å². The maximum atomic E-state index is 11.1. The molecule has 2 N–H and O–H groups in total. The quantitative estimate of drug-likeness (QED) is 0.692. The van der Waals surface area contributed by atoms with E-state index >= 15 is 0 Å². The molecule has 0 amide bonds. The van der Waals surface area contributed by atoms with Gasteiger partial charge in [-0.05, 0) is 50.8 Å². The number of nitrogens with two attached hydrogens (primary N) is 1. The van der Waals surface area contributed by atoms with Crippen LogP contribution in [0, 0.1) is 23.0 Å². The topological polar surface area (TPSA) is 85.3 Å². The minimum atomic E-state index is -0.351. The van der Waals surface area contributed by atoms with E-state index in [1.807, 2.05) is 13.0 Å². The highest BCUT2D eigenvalue weighted by atomic mass is 16.6. The second-order valence-corrected chi connectivity index (χ2v) is 6.27. The number of fused-ring (bicyclic) bond motifs is 1. The summed E-state index contributed by atoms with van der Waals surface area (Å²) in [5.41, 5.74) is 8.62. The molecule has 1 saturated heterocycles. The molecule has 0 spiro atoms. The van der Waals surface area contributed by atoms with Crippen LogP contribution in [0.15, 0.2) is 24.3 Å². The fourth-order valence-electron chi connectivity index (χ4n) is 3.45. The van der Waals surface area contributed by atoms with E-state index in [-0.39, 0.29) is 10.6 Å². The van der Waals surface area contributed by atoms with E-state index in [2.05, 4.69) is 9.88 Å². The summed E-state index contributed by atoms with van der Waals surface area (Å²) in [7, 11) is 0. The molecule has 1 aromatic carbocycles. The van der Waals surface area contributed by atoms with E-state index in [9.17, 15) is 10.1 Å². The SMILES string of the molecule is Cc1cc(N2CCCC(CCN)C2)c2cc([N+](=O)[O-])ccc2n1. The maximum absolute atomic E-state index is 11.1. The third-order valence-corrected chi connectivity index (χ3v) is 4.54. The standard InChI is InChI=1S/C17H22N4O2/c1-12-9-17(20-8-2-3-13(11-20)6-7-18)15-10-14(21(22)23)4-5-16(15)19-12/h4-5,9-10,13H,2-3,6-8,11,18H2,1H3. The van der Waals surface area contributed by atoms with Crippen molar-refractivity contribution in [3.05, 3.63) is 40.1 Å². The molecule has 0 saturated carbocycles. The van der Waals surface area contributed by atoms with Gasteiger partial charge in [0.15, 0.2) is 0 Å². The van der Waals surface area contributed by atoms with Gasteiger partial charge in [0, 0.05) is 42.0 Å². The van der Waals surface area contributed by atoms with Crippen molar-refractivity contribution in [2.45, 2.75) is 26.2 Å². The lowest BCUT2D eigenvalue weighted by Crippen LogP contribution is -2.36. The van der Waals surface area contributed by atoms with E-state index in [1.165, 1.54) is 12.5 Å². The van der Waals surface area contributed by atoms with Gasteiger partial charge in [0.25, 0.3) is 5.69 Å². The lowest BCUT2D eigenvalue weighted by atomic mass is 9.94. The number of benzene rings is 1. The van der Waals surface area contributed by atoms with Crippen molar-refractivity contribution in [1.29, 1.82) is 0 Å². The van der Waals surface area contributed by atoms with Crippen molar-refractivity contribution in [3.8, 4) is 0 Å². The number of piperidine rings is 1. The Morgan fingerprint density at radius 3 is 3.00 bits per heavy atom. The average Bonchev–Trinajstić information content (AvgIpc) is 2.54. The van der Waals surface area contributed by atoms with Gasteiger partial charge < -0.3 is 10.6 Å². The first-order valence-corrected chi connectivity index (χ1v) is 8.09. The van der Waals surface area contributed by atoms with Gasteiger partial charge >= 0.3 is 0 Å². The van der Waals surface area contributed by atoms with Crippen LogP contribution in [0.3, 0.4) is 0 Å². The molecule has 0 radical (unpaired) electrons. The van der Waals surface area contributed by atoms with Crippen molar-refractivity contribution in [2.24, 2.45) is 11.7 Å². The zero-order valence-electron chi connectivity index (χ0n) is 13.4. The molecule has 23 heavy (non-hydrogen) atoms. The number of anilines is 1. The molecule has 2 aromatic rings. The molecule has 6 heteroatoms. The van der Waals surface area contributed by atoms with Gasteiger partial charge in [-0.1, -0.05) is 0 Å².